The van der Waals surface area contributed by atoms with Crippen LogP contribution >= 0.6 is 0 Å². The van der Waals surface area contributed by atoms with Crippen molar-refractivity contribution in [2.24, 2.45) is 0 Å². The van der Waals surface area contributed by atoms with Crippen LogP contribution in [0.1, 0.15) is 13.8 Å². The molecule has 0 unspecified atom stereocenters. The Balaban J connectivity index is 3.08. The minimum atomic E-state index is -0.325. The van der Waals surface area contributed by atoms with Gasteiger partial charge in [0.1, 0.15) is 6.61 Å². The molecule has 292 valence electrons. The molecule has 0 saturated carbocycles. The molecule has 0 bridgehead atoms. The Morgan fingerprint density at radius 2 is 0.551 bits per heavy atom. The average Bonchev–Trinajstić information content (AvgIpc) is 3.11. The summed E-state index contributed by atoms with van der Waals surface area (Å²) >= 11 is 0. The molecule has 0 rings (SSSR count). The maximum Gasteiger partial charge on any atom is 0.333 e. The van der Waals surface area contributed by atoms with Gasteiger partial charge in [0.05, 0.1) is 178 Å². The summed E-state index contributed by atoms with van der Waals surface area (Å²) in [6.45, 7) is 16.0. The second kappa shape index (κ2) is 42.8. The number of rotatable bonds is 42. The van der Waals surface area contributed by atoms with E-state index in [1.54, 1.807) is 19.9 Å². The third-order valence-electron chi connectivity index (χ3n) is 5.92. The van der Waals surface area contributed by atoms with Gasteiger partial charge in [-0.1, -0.05) is 6.08 Å². The van der Waals surface area contributed by atoms with E-state index in [0.29, 0.717) is 177 Å². The zero-order valence-corrected chi connectivity index (χ0v) is 29.9. The third-order valence-corrected chi connectivity index (χ3v) is 5.92. The molecule has 49 heavy (non-hydrogen) atoms. The Morgan fingerprint density at radius 3 is 0.735 bits per heavy atom. The zero-order valence-electron chi connectivity index (χ0n) is 29.9. The Morgan fingerprint density at radius 1 is 0.367 bits per heavy atom. The Hall–Kier alpha value is -1.35. The summed E-state index contributed by atoms with van der Waals surface area (Å²) in [4.78, 5) is 11.4. The molecule has 0 atom stereocenters. The van der Waals surface area contributed by atoms with E-state index in [-0.39, 0.29) is 19.2 Å². The number of carbonyl (C=O) groups is 1. The predicted molar refractivity (Wildman–Crippen MR) is 178 cm³/mol. The van der Waals surface area contributed by atoms with E-state index in [2.05, 4.69) is 0 Å². The molecule has 16 nitrogen and oxygen atoms in total. The zero-order chi connectivity index (χ0) is 35.6. The molecule has 16 heteroatoms. The van der Waals surface area contributed by atoms with Gasteiger partial charge in [0.15, 0.2) is 0 Å². The second-order valence-electron chi connectivity index (χ2n) is 9.79. The van der Waals surface area contributed by atoms with Gasteiger partial charge in [0.2, 0.25) is 0 Å². The number of ether oxygens (including phenoxy) is 14. The van der Waals surface area contributed by atoms with E-state index in [4.69, 9.17) is 71.4 Å². The lowest BCUT2D eigenvalue weighted by Gasteiger charge is -2.09. The summed E-state index contributed by atoms with van der Waals surface area (Å²) in [6, 6.07) is 0. The average molecular weight is 717 g/mol. The number of aliphatic hydroxyl groups is 1. The summed E-state index contributed by atoms with van der Waals surface area (Å²) in [5, 5.41) is 8.58. The van der Waals surface area contributed by atoms with Crippen molar-refractivity contribution < 1.29 is 76.2 Å². The van der Waals surface area contributed by atoms with Gasteiger partial charge in [-0.05, 0) is 13.8 Å². The van der Waals surface area contributed by atoms with Crippen LogP contribution in [-0.4, -0.2) is 196 Å². The van der Waals surface area contributed by atoms with E-state index in [1.807, 2.05) is 0 Å². The third kappa shape index (κ3) is 41.0. The number of allylic oxidation sites excluding steroid dienone is 1. The normalized spacial score (nSPS) is 11.9. The van der Waals surface area contributed by atoms with E-state index in [9.17, 15) is 4.79 Å². The lowest BCUT2D eigenvalue weighted by molar-refractivity contribution is -0.140. The number of esters is 1. The summed E-state index contributed by atoms with van der Waals surface area (Å²) in [5.41, 5.74) is 0.580. The van der Waals surface area contributed by atoms with E-state index >= 15 is 0 Å². The minimum absolute atomic E-state index is 0.0210. The van der Waals surface area contributed by atoms with Gasteiger partial charge < -0.3 is 71.4 Å². The van der Waals surface area contributed by atoms with Crippen LogP contribution in [0.2, 0.25) is 0 Å². The first-order valence-corrected chi connectivity index (χ1v) is 17.1. The van der Waals surface area contributed by atoms with Crippen molar-refractivity contribution in [3.63, 3.8) is 0 Å². The molecule has 1 N–H and O–H groups in total. The Bertz CT molecular complexity index is 685. The fourth-order valence-corrected chi connectivity index (χ4v) is 3.23. The van der Waals surface area contributed by atoms with Gasteiger partial charge in [-0.3, -0.25) is 0 Å². The molecule has 0 aliphatic rings. The molecule has 0 aromatic heterocycles. The number of hydrogen-bond acceptors (Lipinski definition) is 16. The predicted octanol–water partition coefficient (Wildman–Crippen LogP) is 0.704. The van der Waals surface area contributed by atoms with Gasteiger partial charge >= 0.3 is 5.97 Å². The van der Waals surface area contributed by atoms with E-state index in [0.717, 1.165) is 0 Å². The van der Waals surface area contributed by atoms with Crippen molar-refractivity contribution in [3.05, 3.63) is 11.6 Å². The van der Waals surface area contributed by atoms with Crippen LogP contribution in [0.25, 0.3) is 0 Å². The fraction of sp³-hybridized carbons (Fsp3) is 0.909. The molecule has 0 radical (unpaired) electrons. The second-order valence-corrected chi connectivity index (χ2v) is 9.79. The largest absolute Gasteiger partial charge is 0.460 e. The Labute approximate surface area is 292 Å². The van der Waals surface area contributed by atoms with Crippen LogP contribution in [0.5, 0.6) is 0 Å². The first-order chi connectivity index (χ1) is 24.2. The molecule has 0 heterocycles. The lowest BCUT2D eigenvalue weighted by atomic mass is 10.3. The number of aliphatic hydroxyl groups excluding tert-OH is 1. The van der Waals surface area contributed by atoms with Crippen molar-refractivity contribution in [2.45, 2.75) is 13.8 Å². The topological polar surface area (TPSA) is 167 Å². The molecule has 0 fully saturated rings. The molecule has 0 aromatic carbocycles. The van der Waals surface area contributed by atoms with Crippen molar-refractivity contribution in [1.82, 2.24) is 0 Å². The van der Waals surface area contributed by atoms with Crippen LogP contribution in [0.15, 0.2) is 11.6 Å². The van der Waals surface area contributed by atoms with Gasteiger partial charge in [0.25, 0.3) is 0 Å². The maximum absolute atomic E-state index is 11.4. The van der Waals surface area contributed by atoms with Gasteiger partial charge in [-0.25, -0.2) is 4.79 Å². The first-order valence-electron chi connectivity index (χ1n) is 17.1. The SMILES string of the molecule is CC=C(C)C(=O)OCCOCCOCCOCCOCCOCCOCCOCCOCCOCCOCCOCCOCCOCCO. The standard InChI is InChI=1S/C33H64O16/c1-3-32(2)33(35)49-31-30-48-29-28-47-27-26-46-25-24-45-23-22-44-21-20-43-19-18-42-17-16-41-15-14-40-13-12-39-11-10-38-9-8-37-7-6-36-5-4-34/h3,34H,4-31H2,1-2H3. The number of hydrogen-bond donors (Lipinski definition) is 1. The molecule has 0 aliphatic heterocycles. The molecule has 0 aliphatic carbocycles. The maximum atomic E-state index is 11.4. The summed E-state index contributed by atoms with van der Waals surface area (Å²) < 4.78 is 75.3. The molecule has 0 saturated heterocycles. The summed E-state index contributed by atoms with van der Waals surface area (Å²) in [6.07, 6.45) is 1.71. The van der Waals surface area contributed by atoms with Crippen LogP contribution in [-0.2, 0) is 71.1 Å². The quantitative estimate of drug-likeness (QED) is 0.0533. The van der Waals surface area contributed by atoms with Crippen molar-refractivity contribution >= 4 is 5.97 Å². The fourth-order valence-electron chi connectivity index (χ4n) is 3.23. The summed E-state index contributed by atoms with van der Waals surface area (Å²) in [5.74, 6) is -0.325. The van der Waals surface area contributed by atoms with Crippen molar-refractivity contribution in [3.8, 4) is 0 Å². The minimum Gasteiger partial charge on any atom is -0.460 e. The smallest absolute Gasteiger partial charge is 0.333 e. The van der Waals surface area contributed by atoms with Gasteiger partial charge in [0, 0.05) is 5.57 Å². The highest BCUT2D eigenvalue weighted by Crippen LogP contribution is 1.95. The highest BCUT2D eigenvalue weighted by molar-refractivity contribution is 5.87. The van der Waals surface area contributed by atoms with E-state index < -0.39 is 0 Å². The first kappa shape index (κ1) is 47.7. The monoisotopic (exact) mass is 716 g/mol. The highest BCUT2D eigenvalue weighted by Gasteiger charge is 2.03. The van der Waals surface area contributed by atoms with Crippen molar-refractivity contribution in [2.75, 3.05) is 185 Å². The van der Waals surface area contributed by atoms with Crippen LogP contribution < -0.4 is 0 Å². The molecule has 0 amide bonds. The van der Waals surface area contributed by atoms with Crippen LogP contribution in [0, 0.1) is 0 Å². The Kier molecular flexibility index (Phi) is 41.6. The molecule has 0 aromatic rings. The molecular weight excluding hydrogens is 652 g/mol. The van der Waals surface area contributed by atoms with Crippen LogP contribution in [0.4, 0.5) is 0 Å². The van der Waals surface area contributed by atoms with Gasteiger partial charge in [-0.15, -0.1) is 0 Å². The van der Waals surface area contributed by atoms with Crippen molar-refractivity contribution in [1.29, 1.82) is 0 Å². The van der Waals surface area contributed by atoms with Gasteiger partial charge in [-0.2, -0.15) is 0 Å². The summed E-state index contributed by atoms with van der Waals surface area (Å²) in [7, 11) is 0. The lowest BCUT2D eigenvalue weighted by Crippen LogP contribution is -2.16. The van der Waals surface area contributed by atoms with Crippen LogP contribution in [0.3, 0.4) is 0 Å². The highest BCUT2D eigenvalue weighted by atomic mass is 16.6. The van der Waals surface area contributed by atoms with E-state index in [1.165, 1.54) is 0 Å². The molecule has 0 spiro atoms. The number of carbonyl (C=O) groups excluding carboxylic acids is 1. The molecular formula is C33H64O16.